The number of carbonyl (C=O) groups excluding carboxylic acids is 4. The number of ether oxygens (including phenoxy) is 10. The highest BCUT2D eigenvalue weighted by Gasteiger charge is 2.55. The maximum Gasteiger partial charge on any atom is 0.470 e. The van der Waals surface area contributed by atoms with Crippen molar-refractivity contribution in [1.29, 1.82) is 0 Å². The Kier molecular flexibility index (Phi) is 41.8. The minimum absolute atomic E-state index is 0.0442. The highest BCUT2D eigenvalue weighted by atomic mass is 31.2. The van der Waals surface area contributed by atoms with Crippen molar-refractivity contribution in [3.05, 3.63) is 44.5 Å². The molecule has 4 amide bonds. The van der Waals surface area contributed by atoms with Crippen molar-refractivity contribution in [2.45, 2.75) is 184 Å². The predicted octanol–water partition coefficient (Wildman–Crippen LogP) is -2.49. The summed E-state index contributed by atoms with van der Waals surface area (Å²) in [7, 11) is -20.6. The number of hydrogen-bond donors (Lipinski definition) is 18. The summed E-state index contributed by atoms with van der Waals surface area (Å²) >= 11 is 0. The number of nitrogens with two attached hydrogens (primary N) is 2. The van der Waals surface area contributed by atoms with E-state index in [2.05, 4.69) is 49.3 Å². The molecule has 0 aliphatic carbocycles. The fourth-order valence-electron chi connectivity index (χ4n) is 13.3. The summed E-state index contributed by atoms with van der Waals surface area (Å²) in [5, 5.41) is 56.1. The predicted molar refractivity (Wildman–Crippen MR) is 404 cm³/mol. The Morgan fingerprint density at radius 1 is 0.470 bits per heavy atom. The number of aryl methyl sites for hydroxylation is 2. The Morgan fingerprint density at radius 2 is 0.795 bits per heavy atom. The SMILES string of the molecule is CC1(C)CC(C(=O)NCCOCCOCCOCCOCCC(=O)NCCCc2cn([C@@H]3O[C@H](COP(=O)(O)O)C(OP(=O)(O)O)[C@@H]3O)c(=O)nc2N)C(C)(C)N1O.CC1(C)CC(C(=O)NCCOCCOCCOCCOCCC(=O)NCCCc2cn([C@@H]3O[C@H](COP(=O)(O)O)C(OP(=O)(O)O)[C@@H]3O)c(=O)nc2N)CC(C)(C)N1O. The Hall–Kier alpha value is -4.96. The normalized spacial score (nSPS) is 22.9. The zero-order valence-electron chi connectivity index (χ0n) is 66.6. The van der Waals surface area contributed by atoms with Gasteiger partial charge in [0.25, 0.3) is 0 Å². The number of nitrogen functional groups attached to an aromatic ring is 2. The van der Waals surface area contributed by atoms with E-state index >= 15 is 0 Å². The fourth-order valence-corrected chi connectivity index (χ4v) is 15.2. The van der Waals surface area contributed by atoms with Crippen LogP contribution in [0.2, 0.25) is 0 Å². The Balaban J connectivity index is 0.000000417. The van der Waals surface area contributed by atoms with E-state index in [-0.39, 0.29) is 112 Å². The molecule has 20 N–H and O–H groups in total. The lowest BCUT2D eigenvalue weighted by Gasteiger charge is -2.51. The van der Waals surface area contributed by atoms with Crippen LogP contribution in [0.1, 0.15) is 124 Å². The number of amides is 4. The van der Waals surface area contributed by atoms with E-state index in [1.54, 1.807) is 0 Å². The van der Waals surface area contributed by atoms with Gasteiger partial charge in [-0.3, -0.25) is 46.4 Å². The van der Waals surface area contributed by atoms with Crippen molar-refractivity contribution in [2.75, 3.05) is 157 Å². The lowest BCUT2D eigenvalue weighted by molar-refractivity contribution is -0.249. The molecule has 0 radical (unpaired) electrons. The van der Waals surface area contributed by atoms with Crippen LogP contribution in [0.15, 0.2) is 22.0 Å². The molecule has 2 aromatic rings. The number of aliphatic hydroxyl groups is 2. The second kappa shape index (κ2) is 47.6. The number of anilines is 2. The van der Waals surface area contributed by atoms with Gasteiger partial charge in [0.2, 0.25) is 23.6 Å². The molecule has 52 heteroatoms. The summed E-state index contributed by atoms with van der Waals surface area (Å²) in [5.74, 6) is -1.55. The van der Waals surface area contributed by atoms with E-state index < -0.39 is 127 Å². The molecule has 0 spiro atoms. The number of piperidine rings is 1. The van der Waals surface area contributed by atoms with Gasteiger partial charge in [0.15, 0.2) is 12.5 Å². The fraction of sp³-hybridized carbons (Fsp3) is 0.815. The van der Waals surface area contributed by atoms with Gasteiger partial charge >= 0.3 is 42.7 Å². The number of aliphatic hydroxyl groups excluding tert-OH is 2. The first-order valence-corrected chi connectivity index (χ1v) is 43.7. The third kappa shape index (κ3) is 35.8. The maximum absolute atomic E-state index is 12.7. The van der Waals surface area contributed by atoms with E-state index in [0.717, 1.165) is 9.13 Å². The molecule has 0 saturated carbocycles. The summed E-state index contributed by atoms with van der Waals surface area (Å²) in [5.41, 5.74) is 8.25. The molecule has 48 nitrogen and oxygen atoms in total. The number of rotatable bonds is 52. The van der Waals surface area contributed by atoms with Gasteiger partial charge in [-0.2, -0.15) is 20.1 Å². The first-order chi connectivity index (χ1) is 54.5. The van der Waals surface area contributed by atoms with Crippen LogP contribution in [0, 0.1) is 11.8 Å². The van der Waals surface area contributed by atoms with Crippen LogP contribution in [-0.2, 0) is 116 Å². The van der Waals surface area contributed by atoms with Crippen molar-refractivity contribution in [1.82, 2.24) is 50.5 Å². The Morgan fingerprint density at radius 3 is 1.12 bits per heavy atom. The molecule has 4 aliphatic heterocycles. The third-order valence-electron chi connectivity index (χ3n) is 18.8. The van der Waals surface area contributed by atoms with Crippen molar-refractivity contribution < 1.29 is 163 Å². The van der Waals surface area contributed by atoms with Gasteiger partial charge in [-0.1, -0.05) is 0 Å². The lowest BCUT2D eigenvalue weighted by atomic mass is 9.75. The zero-order valence-corrected chi connectivity index (χ0v) is 70.2. The minimum Gasteiger partial charge on any atom is -0.386 e. The molecule has 0 aromatic carbocycles. The molecule has 0 bridgehead atoms. The Bertz CT molecular complexity index is 3750. The van der Waals surface area contributed by atoms with Gasteiger partial charge < -0.3 is 140 Å². The second-order valence-corrected chi connectivity index (χ2v) is 34.8. The number of nitrogens with zero attached hydrogens (tertiary/aromatic N) is 6. The van der Waals surface area contributed by atoms with Crippen LogP contribution in [-0.4, -0.2) is 317 Å². The molecule has 4 aliphatic rings. The summed E-state index contributed by atoms with van der Waals surface area (Å²) in [6.07, 6.45) is -8.73. The van der Waals surface area contributed by atoms with E-state index in [1.165, 1.54) is 22.5 Å². The van der Waals surface area contributed by atoms with E-state index in [0.29, 0.717) is 136 Å². The number of phosphoric ester groups is 4. The molecule has 117 heavy (non-hydrogen) atoms. The first kappa shape index (κ1) is 103. The highest BCUT2D eigenvalue weighted by molar-refractivity contribution is 7.47. The number of aromatic nitrogens is 4. The number of nitrogens with one attached hydrogen (secondary N) is 4. The van der Waals surface area contributed by atoms with Crippen LogP contribution in [0.5, 0.6) is 0 Å². The lowest BCUT2D eigenvalue weighted by Crippen LogP contribution is -2.60. The van der Waals surface area contributed by atoms with Crippen LogP contribution in [0.3, 0.4) is 0 Å². The van der Waals surface area contributed by atoms with Gasteiger partial charge in [0.05, 0.1) is 130 Å². The molecule has 4 saturated heterocycles. The molecule has 674 valence electrons. The van der Waals surface area contributed by atoms with Gasteiger partial charge in [0.1, 0.15) is 48.3 Å². The third-order valence-corrected chi connectivity index (χ3v) is 20.8. The largest absolute Gasteiger partial charge is 0.470 e. The first-order valence-electron chi connectivity index (χ1n) is 37.5. The molecule has 6 heterocycles. The summed E-state index contributed by atoms with van der Waals surface area (Å²) < 4.78 is 119. The second-order valence-electron chi connectivity index (χ2n) is 30.0. The summed E-state index contributed by atoms with van der Waals surface area (Å²) in [6, 6.07) is 0. The summed E-state index contributed by atoms with van der Waals surface area (Å²) in [4.78, 5) is 156. The topological polar surface area (TPSA) is 685 Å². The highest BCUT2D eigenvalue weighted by Crippen LogP contribution is 2.48. The van der Waals surface area contributed by atoms with Crippen LogP contribution in [0.25, 0.3) is 0 Å². The van der Waals surface area contributed by atoms with Gasteiger partial charge in [-0.15, -0.1) is 0 Å². The van der Waals surface area contributed by atoms with Crippen LogP contribution < -0.4 is 44.1 Å². The van der Waals surface area contributed by atoms with E-state index in [9.17, 15) is 87.2 Å². The molecule has 2 aromatic heterocycles. The van der Waals surface area contributed by atoms with Crippen LogP contribution in [0.4, 0.5) is 11.6 Å². The number of hydroxylamine groups is 4. The molecule has 3 unspecified atom stereocenters. The van der Waals surface area contributed by atoms with Crippen molar-refractivity contribution in [3.63, 3.8) is 0 Å². The zero-order chi connectivity index (χ0) is 87.3. The van der Waals surface area contributed by atoms with E-state index in [4.69, 9.17) is 78.4 Å². The minimum atomic E-state index is -5.24. The van der Waals surface area contributed by atoms with Crippen LogP contribution >= 0.6 is 31.3 Å². The monoisotopic (exact) mass is 1770 g/mol. The smallest absolute Gasteiger partial charge is 0.386 e. The average Bonchev–Trinajstić information content (AvgIpc) is 1.45. The van der Waals surface area contributed by atoms with Crippen molar-refractivity contribution >= 4 is 66.6 Å². The number of carbonyl (C=O) groups is 4. The summed E-state index contributed by atoms with van der Waals surface area (Å²) in [6.45, 7) is 19.3. The quantitative estimate of drug-likeness (QED) is 0.0241. The van der Waals surface area contributed by atoms with Gasteiger partial charge in [0, 0.05) is 85.1 Å². The molecule has 6 rings (SSSR count). The molecule has 4 fully saturated rings. The van der Waals surface area contributed by atoms with E-state index in [1.807, 2.05) is 55.4 Å². The molecular weight excluding hydrogens is 1650 g/mol. The molecule has 9 atom stereocenters. The van der Waals surface area contributed by atoms with Gasteiger partial charge in [-0.25, -0.2) is 27.8 Å². The maximum atomic E-state index is 12.7. The van der Waals surface area contributed by atoms with Gasteiger partial charge in [-0.05, 0) is 100 Å². The van der Waals surface area contributed by atoms with Crippen molar-refractivity contribution in [2.24, 2.45) is 11.8 Å². The standard InChI is InChI=1S/C33H60N6O18P2.C32H58N6O18P2/c1-32(2)18-23(19-33(3,4)39(32)44)29(42)36-9-11-52-13-15-54-17-16-53-14-12-51-10-7-25(40)35-8-5-6-22-20-38(31(43)37-28(22)34)30-26(41)27(57-59(48,49)50)24(56-30)21-55-58(45,46)47;1-31(2)18-22(32(3,4)38(31)43)28(41)35-9-11-51-13-15-53-17-16-52-14-12-50-10-7-24(39)34-8-5-6-21-19-37(30(42)36-27(21)33)29-25(40)26(56-58(47,48)49)23(55-29)20-54-57(44,45)46/h20,23-24,26-27,30,41,44H,5-19,21H2,1-4H3,(H,35,40)(H,36,42)(H2,34,37,43)(H2,45,46,47)(H2,48,49,50);19,22-23,25-26,29,40,43H,5-18,20H2,1-4H3,(H,34,39)(H,35,41)(H2,33,36,42)(H2,44,45,46)(H2,47,48,49)/t24-,26+,27?,30-;22?,23-,25+,26?,29-/m11/s1. The molecular formula is C65H118N12O36P4. The Labute approximate surface area is 674 Å². The number of phosphoric acid groups is 4. The van der Waals surface area contributed by atoms with Crippen molar-refractivity contribution in [3.8, 4) is 0 Å². The average molecular weight is 1770 g/mol. The number of hydrogen-bond acceptors (Lipinski definition) is 34.